The highest BCUT2D eigenvalue weighted by Gasteiger charge is 2.06. The number of hydrogen-bond acceptors (Lipinski definition) is 4. The smallest absolute Gasteiger partial charge is 0.215 e. The predicted molar refractivity (Wildman–Crippen MR) is 80.8 cm³/mol. The number of pyridine rings is 1. The Morgan fingerprint density at radius 1 is 1.14 bits per heavy atom. The van der Waals surface area contributed by atoms with Crippen molar-refractivity contribution in [1.29, 1.82) is 0 Å². The van der Waals surface area contributed by atoms with E-state index in [1.807, 2.05) is 31.2 Å². The van der Waals surface area contributed by atoms with E-state index in [2.05, 4.69) is 15.0 Å². The number of aromatic amines is 1. The molecule has 0 radical (unpaired) electrons. The molecule has 0 saturated carbocycles. The molecule has 108 valence electrons. The number of H-pyrrole nitrogens is 1. The number of nitrogens with one attached hydrogen (secondary N) is 1. The standard InChI is InChI=1S/C15H14ClN3O2/c1-2-20-14-7-6-12-15(19-14)18-13(17-12)9-21-11-5-3-4-10(16)8-11/h3-8H,2,9H2,1H3,(H,17,18,19). The van der Waals surface area contributed by atoms with Gasteiger partial charge in [-0.15, -0.1) is 0 Å². The first kappa shape index (κ1) is 13.7. The zero-order valence-corrected chi connectivity index (χ0v) is 12.2. The molecule has 0 aliphatic heterocycles. The van der Waals surface area contributed by atoms with Crippen molar-refractivity contribution in [3.05, 3.63) is 47.2 Å². The molecular weight excluding hydrogens is 290 g/mol. The van der Waals surface area contributed by atoms with Crippen molar-refractivity contribution in [2.75, 3.05) is 6.61 Å². The molecule has 0 bridgehead atoms. The summed E-state index contributed by atoms with van der Waals surface area (Å²) in [7, 11) is 0. The van der Waals surface area contributed by atoms with Crippen LogP contribution in [0.3, 0.4) is 0 Å². The van der Waals surface area contributed by atoms with Gasteiger partial charge in [0.05, 0.1) is 12.1 Å². The largest absolute Gasteiger partial charge is 0.486 e. The molecule has 21 heavy (non-hydrogen) atoms. The monoisotopic (exact) mass is 303 g/mol. The highest BCUT2D eigenvalue weighted by Crippen LogP contribution is 2.19. The summed E-state index contributed by atoms with van der Waals surface area (Å²) < 4.78 is 11.0. The van der Waals surface area contributed by atoms with Crippen molar-refractivity contribution in [3.8, 4) is 11.6 Å². The van der Waals surface area contributed by atoms with E-state index in [1.165, 1.54) is 0 Å². The van der Waals surface area contributed by atoms with Crippen molar-refractivity contribution in [3.63, 3.8) is 0 Å². The molecule has 3 aromatic rings. The van der Waals surface area contributed by atoms with Gasteiger partial charge in [0.15, 0.2) is 5.65 Å². The van der Waals surface area contributed by atoms with Gasteiger partial charge in [-0.3, -0.25) is 0 Å². The van der Waals surface area contributed by atoms with Gasteiger partial charge in [0, 0.05) is 11.1 Å². The number of halogens is 1. The van der Waals surface area contributed by atoms with Crippen LogP contribution in [0.2, 0.25) is 5.02 Å². The van der Waals surface area contributed by atoms with Crippen molar-refractivity contribution in [2.45, 2.75) is 13.5 Å². The summed E-state index contributed by atoms with van der Waals surface area (Å²) in [5.74, 6) is 1.97. The second-order valence-corrected chi connectivity index (χ2v) is 4.82. The summed E-state index contributed by atoms with van der Waals surface area (Å²) in [6.45, 7) is 2.81. The van der Waals surface area contributed by atoms with Crippen LogP contribution in [-0.2, 0) is 6.61 Å². The first-order valence-electron chi connectivity index (χ1n) is 6.61. The Morgan fingerprint density at radius 3 is 2.86 bits per heavy atom. The van der Waals surface area contributed by atoms with Crippen LogP contribution in [-0.4, -0.2) is 21.6 Å². The highest BCUT2D eigenvalue weighted by molar-refractivity contribution is 6.30. The maximum absolute atomic E-state index is 5.91. The van der Waals surface area contributed by atoms with E-state index < -0.39 is 0 Å². The molecule has 0 aliphatic carbocycles. The zero-order chi connectivity index (χ0) is 14.7. The van der Waals surface area contributed by atoms with Crippen LogP contribution in [0.15, 0.2) is 36.4 Å². The van der Waals surface area contributed by atoms with Gasteiger partial charge < -0.3 is 14.5 Å². The van der Waals surface area contributed by atoms with Gasteiger partial charge in [-0.05, 0) is 31.2 Å². The van der Waals surface area contributed by atoms with E-state index in [0.29, 0.717) is 41.3 Å². The normalized spacial score (nSPS) is 10.8. The Bertz CT molecular complexity index is 758. The quantitative estimate of drug-likeness (QED) is 0.782. The van der Waals surface area contributed by atoms with Crippen LogP contribution in [0.25, 0.3) is 11.2 Å². The second-order valence-electron chi connectivity index (χ2n) is 4.38. The van der Waals surface area contributed by atoms with Crippen molar-refractivity contribution in [2.24, 2.45) is 0 Å². The Hall–Kier alpha value is -2.27. The number of nitrogens with zero attached hydrogens (tertiary/aromatic N) is 2. The van der Waals surface area contributed by atoms with Crippen LogP contribution in [0.1, 0.15) is 12.7 Å². The maximum atomic E-state index is 5.91. The molecule has 3 rings (SSSR count). The summed E-state index contributed by atoms with van der Waals surface area (Å²) in [6.07, 6.45) is 0. The lowest BCUT2D eigenvalue weighted by Crippen LogP contribution is -1.97. The molecule has 1 aromatic carbocycles. The summed E-state index contributed by atoms with van der Waals surface area (Å²) in [5.41, 5.74) is 1.47. The molecule has 0 fully saturated rings. The maximum Gasteiger partial charge on any atom is 0.215 e. The zero-order valence-electron chi connectivity index (χ0n) is 11.5. The SMILES string of the molecule is CCOc1ccc2[nH]c(COc3cccc(Cl)c3)nc2n1. The minimum Gasteiger partial charge on any atom is -0.486 e. The third kappa shape index (κ3) is 3.25. The van der Waals surface area contributed by atoms with Gasteiger partial charge in [-0.1, -0.05) is 17.7 Å². The van der Waals surface area contributed by atoms with Gasteiger partial charge in [-0.2, -0.15) is 4.98 Å². The fraction of sp³-hybridized carbons (Fsp3) is 0.200. The lowest BCUT2D eigenvalue weighted by molar-refractivity contribution is 0.297. The third-order valence-electron chi connectivity index (χ3n) is 2.83. The molecule has 1 N–H and O–H groups in total. The van der Waals surface area contributed by atoms with Crippen LogP contribution in [0.5, 0.6) is 11.6 Å². The van der Waals surface area contributed by atoms with Crippen LogP contribution >= 0.6 is 11.6 Å². The fourth-order valence-corrected chi connectivity index (χ4v) is 2.11. The van der Waals surface area contributed by atoms with Gasteiger partial charge >= 0.3 is 0 Å². The molecule has 0 aliphatic rings. The van der Waals surface area contributed by atoms with E-state index in [1.54, 1.807) is 12.1 Å². The summed E-state index contributed by atoms with van der Waals surface area (Å²) in [4.78, 5) is 11.9. The van der Waals surface area contributed by atoms with Crippen molar-refractivity contribution in [1.82, 2.24) is 15.0 Å². The number of fused-ring (bicyclic) bond motifs is 1. The molecular formula is C15H14ClN3O2. The highest BCUT2D eigenvalue weighted by atomic mass is 35.5. The third-order valence-corrected chi connectivity index (χ3v) is 3.07. The molecule has 0 spiro atoms. The molecule has 6 heteroatoms. The van der Waals surface area contributed by atoms with Crippen molar-refractivity contribution >= 4 is 22.8 Å². The lowest BCUT2D eigenvalue weighted by atomic mass is 10.3. The molecule has 0 amide bonds. The Kier molecular flexibility index (Phi) is 3.92. The van der Waals surface area contributed by atoms with Gasteiger partial charge in [-0.25, -0.2) is 4.98 Å². The first-order chi connectivity index (χ1) is 10.2. The Balaban J connectivity index is 1.75. The van der Waals surface area contributed by atoms with E-state index in [4.69, 9.17) is 21.1 Å². The molecule has 0 atom stereocenters. The van der Waals surface area contributed by atoms with E-state index in [0.717, 1.165) is 5.52 Å². The second kappa shape index (κ2) is 6.01. The number of benzene rings is 1. The average molecular weight is 304 g/mol. The molecule has 0 saturated heterocycles. The van der Waals surface area contributed by atoms with Gasteiger partial charge in [0.25, 0.3) is 0 Å². The predicted octanol–water partition coefficient (Wildman–Crippen LogP) is 3.59. The number of rotatable bonds is 5. The van der Waals surface area contributed by atoms with E-state index in [9.17, 15) is 0 Å². The van der Waals surface area contributed by atoms with Crippen LogP contribution in [0.4, 0.5) is 0 Å². The van der Waals surface area contributed by atoms with E-state index in [-0.39, 0.29) is 0 Å². The van der Waals surface area contributed by atoms with Crippen LogP contribution in [0, 0.1) is 0 Å². The summed E-state index contributed by atoms with van der Waals surface area (Å²) in [5, 5.41) is 0.639. The van der Waals surface area contributed by atoms with Crippen molar-refractivity contribution < 1.29 is 9.47 Å². The molecule has 2 aromatic heterocycles. The average Bonchev–Trinajstić information content (AvgIpc) is 2.88. The van der Waals surface area contributed by atoms with Gasteiger partial charge in [0.1, 0.15) is 18.2 Å². The molecule has 2 heterocycles. The number of aromatic nitrogens is 3. The van der Waals surface area contributed by atoms with E-state index >= 15 is 0 Å². The lowest BCUT2D eigenvalue weighted by Gasteiger charge is -2.03. The minimum absolute atomic E-state index is 0.320. The summed E-state index contributed by atoms with van der Waals surface area (Å²) in [6, 6.07) is 10.9. The summed E-state index contributed by atoms with van der Waals surface area (Å²) >= 11 is 5.91. The van der Waals surface area contributed by atoms with Gasteiger partial charge in [0.2, 0.25) is 5.88 Å². The number of ether oxygens (including phenoxy) is 2. The molecule has 5 nitrogen and oxygen atoms in total. The number of imidazole rings is 1. The number of hydrogen-bond donors (Lipinski definition) is 1. The first-order valence-corrected chi connectivity index (χ1v) is 6.99. The fourth-order valence-electron chi connectivity index (χ4n) is 1.93. The Labute approximate surface area is 126 Å². The van der Waals surface area contributed by atoms with Crippen LogP contribution < -0.4 is 9.47 Å². The minimum atomic E-state index is 0.320. The topological polar surface area (TPSA) is 60.0 Å². The molecule has 0 unspecified atom stereocenters. The Morgan fingerprint density at radius 2 is 2.05 bits per heavy atom.